The molecule has 3 aromatic rings. The van der Waals surface area contributed by atoms with Crippen LogP contribution in [0, 0.1) is 13.8 Å². The standard InChI is InChI=1S/C25H28ClN3/c1-18-14-22(16-26)15-19(2)24(18)10-9-23-12-13-28-25(29-23)11-8-20-4-6-21(7-5-20)17-27-3/h4-7,12-15,17H,8-11,16H2,1-3H3. The second kappa shape index (κ2) is 10.3. The highest BCUT2D eigenvalue weighted by molar-refractivity contribution is 6.17. The van der Waals surface area contributed by atoms with E-state index in [0.29, 0.717) is 5.88 Å². The number of aromatic nitrogens is 2. The van der Waals surface area contributed by atoms with Crippen molar-refractivity contribution in [3.63, 3.8) is 0 Å². The van der Waals surface area contributed by atoms with E-state index in [2.05, 4.69) is 60.2 Å². The summed E-state index contributed by atoms with van der Waals surface area (Å²) in [7, 11) is 1.79. The number of halogens is 1. The minimum absolute atomic E-state index is 0.562. The van der Waals surface area contributed by atoms with Crippen molar-refractivity contribution < 1.29 is 0 Å². The lowest BCUT2D eigenvalue weighted by molar-refractivity contribution is 0.811. The summed E-state index contributed by atoms with van der Waals surface area (Å²) in [6, 6.07) is 14.9. The van der Waals surface area contributed by atoms with Gasteiger partial charge in [0.25, 0.3) is 0 Å². The third-order valence-corrected chi connectivity index (χ3v) is 5.51. The molecule has 0 aliphatic heterocycles. The van der Waals surface area contributed by atoms with Gasteiger partial charge in [-0.2, -0.15) is 0 Å². The summed E-state index contributed by atoms with van der Waals surface area (Å²) in [6.45, 7) is 4.34. The largest absolute Gasteiger partial charge is 0.296 e. The maximum Gasteiger partial charge on any atom is 0.128 e. The molecule has 0 N–H and O–H groups in total. The second-order valence-electron chi connectivity index (χ2n) is 7.43. The highest BCUT2D eigenvalue weighted by Crippen LogP contribution is 2.20. The first-order valence-electron chi connectivity index (χ1n) is 10.1. The molecular formula is C25H28ClN3. The summed E-state index contributed by atoms with van der Waals surface area (Å²) in [5, 5.41) is 0. The van der Waals surface area contributed by atoms with Gasteiger partial charge in [0.05, 0.1) is 0 Å². The first kappa shape index (κ1) is 21.2. The smallest absolute Gasteiger partial charge is 0.128 e. The van der Waals surface area contributed by atoms with Gasteiger partial charge in [-0.3, -0.25) is 4.99 Å². The summed E-state index contributed by atoms with van der Waals surface area (Å²) in [5.41, 5.74) is 8.72. The lowest BCUT2D eigenvalue weighted by Crippen LogP contribution is -2.04. The maximum absolute atomic E-state index is 5.99. The van der Waals surface area contributed by atoms with Crippen molar-refractivity contribution in [2.24, 2.45) is 4.99 Å². The van der Waals surface area contributed by atoms with E-state index in [9.17, 15) is 0 Å². The van der Waals surface area contributed by atoms with Gasteiger partial charge in [-0.1, -0.05) is 36.4 Å². The monoisotopic (exact) mass is 405 g/mol. The van der Waals surface area contributed by atoms with Crippen LogP contribution in [0.2, 0.25) is 0 Å². The number of benzene rings is 2. The molecule has 0 amide bonds. The Morgan fingerprint density at radius 1 is 0.897 bits per heavy atom. The molecule has 0 aliphatic rings. The lowest BCUT2D eigenvalue weighted by atomic mass is 9.95. The van der Waals surface area contributed by atoms with Crippen LogP contribution in [0.25, 0.3) is 0 Å². The first-order chi connectivity index (χ1) is 14.1. The number of rotatable bonds is 8. The molecule has 1 heterocycles. The van der Waals surface area contributed by atoms with Gasteiger partial charge >= 0.3 is 0 Å². The SMILES string of the molecule is CN=Cc1ccc(CCc2nccc(CCc3c(C)cc(CCl)cc3C)n2)cc1. The molecule has 0 radical (unpaired) electrons. The molecule has 0 fully saturated rings. The molecule has 4 heteroatoms. The predicted molar refractivity (Wildman–Crippen MR) is 122 cm³/mol. The number of nitrogens with zero attached hydrogens (tertiary/aromatic N) is 3. The number of hydrogen-bond acceptors (Lipinski definition) is 3. The van der Waals surface area contributed by atoms with Crippen LogP contribution >= 0.6 is 11.6 Å². The van der Waals surface area contributed by atoms with Crippen LogP contribution < -0.4 is 0 Å². The van der Waals surface area contributed by atoms with E-state index in [1.54, 1.807) is 7.05 Å². The van der Waals surface area contributed by atoms with Crippen LogP contribution in [0.3, 0.4) is 0 Å². The molecule has 3 rings (SSSR count). The normalized spacial score (nSPS) is 11.3. The Balaban J connectivity index is 1.61. The summed E-state index contributed by atoms with van der Waals surface area (Å²) in [6.07, 6.45) is 7.43. The predicted octanol–water partition coefficient (Wildman–Crippen LogP) is 5.45. The highest BCUT2D eigenvalue weighted by Gasteiger charge is 2.07. The quantitative estimate of drug-likeness (QED) is 0.369. The van der Waals surface area contributed by atoms with E-state index in [4.69, 9.17) is 16.6 Å². The number of aliphatic imine (C=N–C) groups is 1. The molecule has 3 nitrogen and oxygen atoms in total. The fourth-order valence-corrected chi connectivity index (χ4v) is 3.84. The second-order valence-corrected chi connectivity index (χ2v) is 7.70. The molecule has 0 unspecified atom stereocenters. The molecule has 0 atom stereocenters. The molecule has 150 valence electrons. The molecule has 29 heavy (non-hydrogen) atoms. The van der Waals surface area contributed by atoms with Gasteiger partial charge in [0, 0.05) is 37.5 Å². The summed E-state index contributed by atoms with van der Waals surface area (Å²) in [4.78, 5) is 13.3. The fourth-order valence-electron chi connectivity index (χ4n) is 3.68. The number of alkyl halides is 1. The molecule has 0 spiro atoms. The van der Waals surface area contributed by atoms with Gasteiger partial charge in [0.2, 0.25) is 0 Å². The van der Waals surface area contributed by atoms with Gasteiger partial charge in [0.15, 0.2) is 0 Å². The third-order valence-electron chi connectivity index (χ3n) is 5.20. The maximum atomic E-state index is 5.99. The van der Waals surface area contributed by atoms with Gasteiger partial charge in [0.1, 0.15) is 5.82 Å². The van der Waals surface area contributed by atoms with Gasteiger partial charge in [-0.25, -0.2) is 9.97 Å². The van der Waals surface area contributed by atoms with Crippen molar-refractivity contribution >= 4 is 17.8 Å². The van der Waals surface area contributed by atoms with Crippen LogP contribution in [-0.4, -0.2) is 23.2 Å². The Morgan fingerprint density at radius 3 is 2.28 bits per heavy atom. The van der Waals surface area contributed by atoms with Crippen LogP contribution in [0.1, 0.15) is 44.9 Å². The zero-order valence-corrected chi connectivity index (χ0v) is 18.2. The van der Waals surface area contributed by atoms with Crippen molar-refractivity contribution in [1.82, 2.24) is 9.97 Å². The Morgan fingerprint density at radius 2 is 1.62 bits per heavy atom. The Labute approximate surface area is 178 Å². The Hall–Kier alpha value is -2.52. The molecule has 0 aliphatic carbocycles. The van der Waals surface area contributed by atoms with E-state index >= 15 is 0 Å². The Bertz CT molecular complexity index is 955. The summed E-state index contributed by atoms with van der Waals surface area (Å²) >= 11 is 5.99. The zero-order valence-electron chi connectivity index (χ0n) is 17.5. The minimum Gasteiger partial charge on any atom is -0.296 e. The van der Waals surface area contributed by atoms with Crippen molar-refractivity contribution in [3.8, 4) is 0 Å². The van der Waals surface area contributed by atoms with Crippen molar-refractivity contribution in [2.45, 2.75) is 45.4 Å². The van der Waals surface area contributed by atoms with Gasteiger partial charge in [-0.05, 0) is 72.6 Å². The van der Waals surface area contributed by atoms with Gasteiger partial charge < -0.3 is 0 Å². The van der Waals surface area contributed by atoms with Crippen molar-refractivity contribution in [1.29, 1.82) is 0 Å². The van der Waals surface area contributed by atoms with Crippen LogP contribution in [0.5, 0.6) is 0 Å². The number of aryl methyl sites for hydroxylation is 5. The Kier molecular flexibility index (Phi) is 7.54. The highest BCUT2D eigenvalue weighted by atomic mass is 35.5. The van der Waals surface area contributed by atoms with E-state index in [-0.39, 0.29) is 0 Å². The van der Waals surface area contributed by atoms with E-state index in [1.807, 2.05) is 18.5 Å². The molecule has 2 aromatic carbocycles. The third kappa shape index (κ3) is 5.98. The average Bonchev–Trinajstić information content (AvgIpc) is 2.73. The number of hydrogen-bond donors (Lipinski definition) is 0. The summed E-state index contributed by atoms with van der Waals surface area (Å²) < 4.78 is 0. The average molecular weight is 406 g/mol. The van der Waals surface area contributed by atoms with E-state index in [1.165, 1.54) is 27.8 Å². The molecule has 0 saturated heterocycles. The topological polar surface area (TPSA) is 38.1 Å². The van der Waals surface area contributed by atoms with Crippen LogP contribution in [0.15, 0.2) is 53.7 Å². The first-order valence-corrected chi connectivity index (χ1v) is 10.6. The molecular weight excluding hydrogens is 378 g/mol. The lowest BCUT2D eigenvalue weighted by Gasteiger charge is -2.12. The molecule has 0 bridgehead atoms. The van der Waals surface area contributed by atoms with Crippen LogP contribution in [-0.2, 0) is 31.6 Å². The van der Waals surface area contributed by atoms with Crippen LogP contribution in [0.4, 0.5) is 0 Å². The van der Waals surface area contributed by atoms with E-state index in [0.717, 1.165) is 42.8 Å². The zero-order chi connectivity index (χ0) is 20.6. The van der Waals surface area contributed by atoms with Crippen molar-refractivity contribution in [3.05, 3.63) is 93.6 Å². The molecule has 1 aromatic heterocycles. The fraction of sp³-hybridized carbons (Fsp3) is 0.320. The van der Waals surface area contributed by atoms with Gasteiger partial charge in [-0.15, -0.1) is 11.6 Å². The summed E-state index contributed by atoms with van der Waals surface area (Å²) in [5.74, 6) is 1.47. The molecule has 0 saturated carbocycles. The van der Waals surface area contributed by atoms with Crippen molar-refractivity contribution in [2.75, 3.05) is 7.05 Å². The van der Waals surface area contributed by atoms with E-state index < -0.39 is 0 Å². The minimum atomic E-state index is 0.562.